The molecule has 1 heterocycles. The van der Waals surface area contributed by atoms with E-state index in [4.69, 9.17) is 5.11 Å². The molecular formula is C10H17N2OW-. The van der Waals surface area contributed by atoms with Gasteiger partial charge in [-0.2, -0.15) is 13.8 Å². The van der Waals surface area contributed by atoms with E-state index in [-0.39, 0.29) is 27.7 Å². The molecule has 0 aliphatic rings. The van der Waals surface area contributed by atoms with Crippen molar-refractivity contribution in [3.8, 4) is 0 Å². The van der Waals surface area contributed by atoms with Crippen molar-refractivity contribution in [3.63, 3.8) is 0 Å². The fourth-order valence-electron chi connectivity index (χ4n) is 0.651. The molecule has 14 heavy (non-hydrogen) atoms. The number of anilines is 1. The maximum atomic E-state index is 8.44. The largest absolute Gasteiger partial charge is 0.395 e. The average Bonchev–Trinajstić information content (AvgIpc) is 2.18. The van der Waals surface area contributed by atoms with Crippen LogP contribution in [0.4, 0.5) is 5.82 Å². The predicted octanol–water partition coefficient (Wildman–Crippen LogP) is 1.71. The summed E-state index contributed by atoms with van der Waals surface area (Å²) in [5.74, 6) is 0.802. The molecule has 2 N–H and O–H groups in total. The van der Waals surface area contributed by atoms with Gasteiger partial charge in [0, 0.05) is 33.8 Å². The molecule has 0 aliphatic heterocycles. The third kappa shape index (κ3) is 9.68. The van der Waals surface area contributed by atoms with Crippen LogP contribution in [0.2, 0.25) is 0 Å². The summed E-state index contributed by atoms with van der Waals surface area (Å²) in [4.78, 5) is 3.99. The topological polar surface area (TPSA) is 45.1 Å². The molecule has 0 bridgehead atoms. The molecule has 0 fully saturated rings. The molecule has 0 aromatic carbocycles. The number of nitrogens with one attached hydrogen (secondary N) is 1. The van der Waals surface area contributed by atoms with E-state index < -0.39 is 0 Å². The van der Waals surface area contributed by atoms with E-state index in [1.165, 1.54) is 0 Å². The van der Waals surface area contributed by atoms with Crippen molar-refractivity contribution in [2.75, 3.05) is 18.5 Å². The Bertz CT molecular complexity index is 195. The predicted molar refractivity (Wildman–Crippen MR) is 55.5 cm³/mol. The van der Waals surface area contributed by atoms with Gasteiger partial charge < -0.3 is 16.8 Å². The molecule has 0 spiro atoms. The molecule has 0 saturated heterocycles. The second-order valence-electron chi connectivity index (χ2n) is 2.44. The van der Waals surface area contributed by atoms with E-state index in [0.29, 0.717) is 6.54 Å². The summed E-state index contributed by atoms with van der Waals surface area (Å²) in [6.45, 7) is 4.69. The summed E-state index contributed by atoms with van der Waals surface area (Å²) in [6.07, 6.45) is 3.71. The minimum atomic E-state index is 0. The normalized spacial score (nSPS) is 7.93. The van der Waals surface area contributed by atoms with Crippen LogP contribution in [0.25, 0.3) is 0 Å². The van der Waals surface area contributed by atoms with Gasteiger partial charge in [-0.3, -0.25) is 0 Å². The van der Waals surface area contributed by atoms with Gasteiger partial charge >= 0.3 is 0 Å². The van der Waals surface area contributed by atoms with E-state index in [9.17, 15) is 0 Å². The molecule has 0 amide bonds. The SMILES string of the molecule is C[CH-]C.OCCNc1ccccn1.[W]. The zero-order valence-electron chi connectivity index (χ0n) is 8.60. The van der Waals surface area contributed by atoms with Crippen molar-refractivity contribution in [1.82, 2.24) is 4.98 Å². The molecule has 3 nitrogen and oxygen atoms in total. The van der Waals surface area contributed by atoms with E-state index in [2.05, 4.69) is 10.3 Å². The first-order chi connectivity index (χ1) is 6.35. The van der Waals surface area contributed by atoms with Crippen LogP contribution in [0.5, 0.6) is 0 Å². The number of pyridine rings is 1. The number of hydrogen-bond donors (Lipinski definition) is 2. The van der Waals surface area contributed by atoms with Crippen molar-refractivity contribution < 1.29 is 26.2 Å². The monoisotopic (exact) mass is 365 g/mol. The Labute approximate surface area is 100 Å². The Hall–Kier alpha value is -0.402. The molecule has 0 unspecified atom stereocenters. The summed E-state index contributed by atoms with van der Waals surface area (Å²) in [5.41, 5.74) is 0. The van der Waals surface area contributed by atoms with Crippen molar-refractivity contribution in [1.29, 1.82) is 0 Å². The van der Waals surface area contributed by atoms with Gasteiger partial charge in [0.2, 0.25) is 0 Å². The van der Waals surface area contributed by atoms with Crippen molar-refractivity contribution in [2.24, 2.45) is 0 Å². The Morgan fingerprint density at radius 1 is 1.43 bits per heavy atom. The van der Waals surface area contributed by atoms with Crippen LogP contribution in [0.15, 0.2) is 24.4 Å². The van der Waals surface area contributed by atoms with Crippen LogP contribution in [0.3, 0.4) is 0 Å². The van der Waals surface area contributed by atoms with Gasteiger partial charge in [-0.25, -0.2) is 4.98 Å². The van der Waals surface area contributed by atoms with Gasteiger partial charge in [-0.05, 0) is 12.1 Å². The molecule has 0 saturated carbocycles. The molecule has 0 radical (unpaired) electrons. The van der Waals surface area contributed by atoms with Gasteiger partial charge in [-0.15, -0.1) is 0 Å². The van der Waals surface area contributed by atoms with Gasteiger partial charge in [0.1, 0.15) is 5.82 Å². The quantitative estimate of drug-likeness (QED) is 0.802. The maximum absolute atomic E-state index is 8.44. The Morgan fingerprint density at radius 3 is 2.50 bits per heavy atom. The summed E-state index contributed by atoms with van der Waals surface area (Å²) >= 11 is 0. The Kier molecular flexibility index (Phi) is 14.4. The number of hydrogen-bond acceptors (Lipinski definition) is 3. The Balaban J connectivity index is 0. The third-order valence-electron chi connectivity index (χ3n) is 1.08. The van der Waals surface area contributed by atoms with Gasteiger partial charge in [0.25, 0.3) is 0 Å². The summed E-state index contributed by atoms with van der Waals surface area (Å²) in [7, 11) is 0. The average molecular weight is 365 g/mol. The van der Waals surface area contributed by atoms with Crippen LogP contribution in [0, 0.1) is 6.42 Å². The van der Waals surface area contributed by atoms with Crippen LogP contribution < -0.4 is 5.32 Å². The van der Waals surface area contributed by atoms with Crippen molar-refractivity contribution >= 4 is 5.82 Å². The van der Waals surface area contributed by atoms with Gasteiger partial charge in [0.15, 0.2) is 0 Å². The van der Waals surface area contributed by atoms with Crippen LogP contribution in [-0.4, -0.2) is 23.2 Å². The summed E-state index contributed by atoms with van der Waals surface area (Å²) in [5, 5.41) is 11.4. The number of aliphatic hydroxyl groups excluding tert-OH is 1. The molecule has 0 atom stereocenters. The van der Waals surface area contributed by atoms with Crippen LogP contribution in [0.1, 0.15) is 13.8 Å². The van der Waals surface area contributed by atoms with Crippen molar-refractivity contribution in [3.05, 3.63) is 30.8 Å². The van der Waals surface area contributed by atoms with Crippen LogP contribution in [-0.2, 0) is 21.1 Å². The zero-order valence-corrected chi connectivity index (χ0v) is 11.5. The minimum absolute atomic E-state index is 0. The second-order valence-corrected chi connectivity index (χ2v) is 2.44. The zero-order chi connectivity index (χ0) is 9.94. The summed E-state index contributed by atoms with van der Waals surface area (Å²) < 4.78 is 0. The Morgan fingerprint density at radius 2 is 2.07 bits per heavy atom. The standard InChI is InChI=1S/C7H10N2O.C3H7.W/c10-6-5-9-7-3-1-2-4-8-7;1-3-2;/h1-4,10H,5-6H2,(H,8,9);3H,1-2H3;/q;-1;. The molecule has 1 rings (SSSR count). The van der Waals surface area contributed by atoms with Gasteiger partial charge in [-0.1, -0.05) is 6.07 Å². The molecule has 1 aromatic heterocycles. The fourth-order valence-corrected chi connectivity index (χ4v) is 0.651. The van der Waals surface area contributed by atoms with E-state index in [1.807, 2.05) is 38.5 Å². The second kappa shape index (κ2) is 12.6. The number of aliphatic hydroxyl groups is 1. The van der Waals surface area contributed by atoms with E-state index in [1.54, 1.807) is 6.20 Å². The minimum Gasteiger partial charge on any atom is -0.395 e. The van der Waals surface area contributed by atoms with Crippen molar-refractivity contribution in [2.45, 2.75) is 13.8 Å². The smallest absolute Gasteiger partial charge is 0.125 e. The first kappa shape index (κ1) is 16.0. The fraction of sp³-hybridized carbons (Fsp3) is 0.400. The molecule has 1 aromatic rings. The molecule has 80 valence electrons. The number of rotatable bonds is 3. The summed E-state index contributed by atoms with van der Waals surface area (Å²) in [6, 6.07) is 5.60. The third-order valence-corrected chi connectivity index (χ3v) is 1.08. The number of nitrogens with zero attached hydrogens (tertiary/aromatic N) is 1. The van der Waals surface area contributed by atoms with E-state index in [0.717, 1.165) is 5.82 Å². The molecular weight excluding hydrogens is 348 g/mol. The van der Waals surface area contributed by atoms with Crippen LogP contribution >= 0.6 is 0 Å². The first-order valence-corrected chi connectivity index (χ1v) is 4.34. The van der Waals surface area contributed by atoms with E-state index >= 15 is 0 Å². The molecule has 0 aliphatic carbocycles. The maximum Gasteiger partial charge on any atom is 0.125 e. The number of aromatic nitrogens is 1. The van der Waals surface area contributed by atoms with Gasteiger partial charge in [0.05, 0.1) is 6.61 Å². The molecule has 4 heteroatoms. The first-order valence-electron chi connectivity index (χ1n) is 4.34.